The van der Waals surface area contributed by atoms with Gasteiger partial charge in [-0.1, -0.05) is 13.5 Å². The van der Waals surface area contributed by atoms with Crippen molar-refractivity contribution in [1.29, 1.82) is 0 Å². The van der Waals surface area contributed by atoms with Gasteiger partial charge in [0.1, 0.15) is 5.75 Å². The summed E-state index contributed by atoms with van der Waals surface area (Å²) >= 11 is 0. The standard InChI is InChI=1S/C16H20O7/c1-6-12(22-15(18)9(2)3)16(19)23-13-8-10(20-4)7-11(17)14(13)21-5/h7-8,12,17H,2,6H2,1,3-5H3. The number of phenols is 1. The molecule has 1 rings (SSSR count). The second-order valence-electron chi connectivity index (χ2n) is 4.68. The van der Waals surface area contributed by atoms with Crippen LogP contribution in [-0.2, 0) is 14.3 Å². The number of carbonyl (C=O) groups excluding carboxylic acids is 2. The number of benzene rings is 1. The molecule has 0 amide bonds. The Morgan fingerprint density at radius 2 is 1.91 bits per heavy atom. The van der Waals surface area contributed by atoms with Gasteiger partial charge in [-0.05, 0) is 13.3 Å². The zero-order chi connectivity index (χ0) is 17.6. The van der Waals surface area contributed by atoms with Crippen LogP contribution in [0, 0.1) is 0 Å². The second-order valence-corrected chi connectivity index (χ2v) is 4.68. The molecule has 0 heterocycles. The molecule has 1 aromatic carbocycles. The van der Waals surface area contributed by atoms with Crippen molar-refractivity contribution in [2.45, 2.75) is 26.4 Å². The smallest absolute Gasteiger partial charge is 0.352 e. The Morgan fingerprint density at radius 1 is 1.26 bits per heavy atom. The van der Waals surface area contributed by atoms with Gasteiger partial charge in [-0.2, -0.15) is 0 Å². The predicted molar refractivity (Wildman–Crippen MR) is 81.8 cm³/mol. The molecule has 0 bridgehead atoms. The van der Waals surface area contributed by atoms with E-state index in [1.165, 1.54) is 33.3 Å². The Bertz CT molecular complexity index is 607. The number of aromatic hydroxyl groups is 1. The third kappa shape index (κ3) is 4.64. The molecular formula is C16H20O7. The summed E-state index contributed by atoms with van der Waals surface area (Å²) in [6.45, 7) is 6.59. The number of ether oxygens (including phenoxy) is 4. The van der Waals surface area contributed by atoms with Crippen molar-refractivity contribution >= 4 is 11.9 Å². The first kappa shape index (κ1) is 18.3. The maximum Gasteiger partial charge on any atom is 0.352 e. The average Bonchev–Trinajstić information content (AvgIpc) is 2.51. The van der Waals surface area contributed by atoms with Gasteiger partial charge >= 0.3 is 11.9 Å². The van der Waals surface area contributed by atoms with Crippen LogP contribution in [0.2, 0.25) is 0 Å². The second kappa shape index (κ2) is 8.07. The van der Waals surface area contributed by atoms with E-state index in [4.69, 9.17) is 18.9 Å². The van der Waals surface area contributed by atoms with Crippen molar-refractivity contribution in [2.75, 3.05) is 14.2 Å². The van der Waals surface area contributed by atoms with Crippen LogP contribution in [0.5, 0.6) is 23.0 Å². The number of esters is 2. The van der Waals surface area contributed by atoms with Crippen LogP contribution in [0.4, 0.5) is 0 Å². The van der Waals surface area contributed by atoms with Crippen molar-refractivity contribution in [3.8, 4) is 23.0 Å². The molecule has 0 aliphatic rings. The van der Waals surface area contributed by atoms with E-state index in [-0.39, 0.29) is 35.0 Å². The highest BCUT2D eigenvalue weighted by Crippen LogP contribution is 2.40. The van der Waals surface area contributed by atoms with Gasteiger partial charge in [0.25, 0.3) is 0 Å². The van der Waals surface area contributed by atoms with E-state index in [1.807, 2.05) is 0 Å². The Balaban J connectivity index is 3.00. The van der Waals surface area contributed by atoms with Gasteiger partial charge in [0, 0.05) is 17.7 Å². The average molecular weight is 324 g/mol. The molecule has 1 N–H and O–H groups in total. The van der Waals surface area contributed by atoms with E-state index in [9.17, 15) is 14.7 Å². The summed E-state index contributed by atoms with van der Waals surface area (Å²) in [6, 6.07) is 2.69. The summed E-state index contributed by atoms with van der Waals surface area (Å²) < 4.78 is 20.2. The number of phenolic OH excluding ortho intramolecular Hbond substituents is 1. The van der Waals surface area contributed by atoms with Gasteiger partial charge in [0.2, 0.25) is 5.75 Å². The third-order valence-electron chi connectivity index (χ3n) is 2.89. The zero-order valence-electron chi connectivity index (χ0n) is 13.5. The molecule has 1 unspecified atom stereocenters. The highest BCUT2D eigenvalue weighted by Gasteiger charge is 2.25. The van der Waals surface area contributed by atoms with Crippen LogP contribution in [0.1, 0.15) is 20.3 Å². The van der Waals surface area contributed by atoms with Gasteiger partial charge in [0.05, 0.1) is 14.2 Å². The summed E-state index contributed by atoms with van der Waals surface area (Å²) in [5.41, 5.74) is 0.174. The van der Waals surface area contributed by atoms with E-state index in [1.54, 1.807) is 6.92 Å². The zero-order valence-corrected chi connectivity index (χ0v) is 13.5. The highest BCUT2D eigenvalue weighted by molar-refractivity contribution is 5.90. The quantitative estimate of drug-likeness (QED) is 0.467. The molecule has 7 nitrogen and oxygen atoms in total. The largest absolute Gasteiger partial charge is 0.504 e. The minimum Gasteiger partial charge on any atom is -0.504 e. The summed E-state index contributed by atoms with van der Waals surface area (Å²) in [6.07, 6.45) is -0.881. The Morgan fingerprint density at radius 3 is 2.39 bits per heavy atom. The molecule has 0 aliphatic carbocycles. The minimum absolute atomic E-state index is 0.0276. The fourth-order valence-electron chi connectivity index (χ4n) is 1.66. The van der Waals surface area contributed by atoms with Crippen molar-refractivity contribution in [3.63, 3.8) is 0 Å². The molecule has 0 radical (unpaired) electrons. The molecule has 0 spiro atoms. The van der Waals surface area contributed by atoms with Crippen LogP contribution >= 0.6 is 0 Å². The van der Waals surface area contributed by atoms with Gasteiger partial charge in [-0.15, -0.1) is 0 Å². The van der Waals surface area contributed by atoms with Crippen LogP contribution in [0.25, 0.3) is 0 Å². The summed E-state index contributed by atoms with van der Waals surface area (Å²) in [5, 5.41) is 9.84. The lowest BCUT2D eigenvalue weighted by Crippen LogP contribution is -2.30. The monoisotopic (exact) mass is 324 g/mol. The number of hydrogen-bond donors (Lipinski definition) is 1. The van der Waals surface area contributed by atoms with Crippen LogP contribution in [0.15, 0.2) is 24.3 Å². The maximum absolute atomic E-state index is 12.2. The third-order valence-corrected chi connectivity index (χ3v) is 2.89. The topological polar surface area (TPSA) is 91.3 Å². The number of carbonyl (C=O) groups is 2. The maximum atomic E-state index is 12.2. The fraction of sp³-hybridized carbons (Fsp3) is 0.375. The summed E-state index contributed by atoms with van der Waals surface area (Å²) in [7, 11) is 2.72. The molecule has 0 aliphatic heterocycles. The number of hydrogen-bond acceptors (Lipinski definition) is 7. The molecule has 0 saturated heterocycles. The molecule has 7 heteroatoms. The first-order chi connectivity index (χ1) is 10.8. The normalized spacial score (nSPS) is 11.3. The molecular weight excluding hydrogens is 304 g/mol. The molecule has 1 atom stereocenters. The van der Waals surface area contributed by atoms with Crippen LogP contribution < -0.4 is 14.2 Å². The molecule has 0 aromatic heterocycles. The number of rotatable bonds is 7. The van der Waals surface area contributed by atoms with Crippen molar-refractivity contribution in [2.24, 2.45) is 0 Å². The van der Waals surface area contributed by atoms with Crippen LogP contribution in [-0.4, -0.2) is 37.4 Å². The molecule has 1 aromatic rings. The lowest BCUT2D eigenvalue weighted by Gasteiger charge is -2.17. The highest BCUT2D eigenvalue weighted by atomic mass is 16.6. The first-order valence-corrected chi connectivity index (χ1v) is 6.87. The lowest BCUT2D eigenvalue weighted by molar-refractivity contribution is -0.159. The van der Waals surface area contributed by atoms with E-state index in [2.05, 4.69) is 6.58 Å². The summed E-state index contributed by atoms with van der Waals surface area (Å²) in [5.74, 6) is -1.53. The van der Waals surface area contributed by atoms with Gasteiger partial charge in [-0.3, -0.25) is 0 Å². The molecule has 0 saturated carbocycles. The molecule has 126 valence electrons. The van der Waals surface area contributed by atoms with Crippen LogP contribution in [0.3, 0.4) is 0 Å². The van der Waals surface area contributed by atoms with Gasteiger partial charge in [0.15, 0.2) is 17.6 Å². The first-order valence-electron chi connectivity index (χ1n) is 6.87. The van der Waals surface area contributed by atoms with Gasteiger partial charge < -0.3 is 24.1 Å². The molecule has 23 heavy (non-hydrogen) atoms. The van der Waals surface area contributed by atoms with E-state index in [0.717, 1.165) is 0 Å². The summed E-state index contributed by atoms with van der Waals surface area (Å²) in [4.78, 5) is 23.7. The van der Waals surface area contributed by atoms with E-state index >= 15 is 0 Å². The van der Waals surface area contributed by atoms with Gasteiger partial charge in [-0.25, -0.2) is 9.59 Å². The van der Waals surface area contributed by atoms with E-state index < -0.39 is 18.0 Å². The predicted octanol–water partition coefficient (Wildman–Crippen LogP) is 2.21. The van der Waals surface area contributed by atoms with Crippen molar-refractivity contribution in [3.05, 3.63) is 24.3 Å². The minimum atomic E-state index is -1.10. The SMILES string of the molecule is C=C(C)C(=O)OC(CC)C(=O)Oc1cc(OC)cc(O)c1OC. The number of methoxy groups -OCH3 is 2. The Kier molecular flexibility index (Phi) is 6.44. The lowest BCUT2D eigenvalue weighted by atomic mass is 10.2. The van der Waals surface area contributed by atoms with E-state index in [0.29, 0.717) is 0 Å². The Hall–Kier alpha value is -2.70. The molecule has 0 fully saturated rings. The Labute approximate surface area is 134 Å². The van der Waals surface area contributed by atoms with Crippen molar-refractivity contribution < 1.29 is 33.6 Å². The van der Waals surface area contributed by atoms with Crippen molar-refractivity contribution in [1.82, 2.24) is 0 Å². The fourth-order valence-corrected chi connectivity index (χ4v) is 1.66.